The van der Waals surface area contributed by atoms with E-state index in [0.29, 0.717) is 6.42 Å². The number of benzene rings is 2. The van der Waals surface area contributed by atoms with Crippen molar-refractivity contribution in [2.75, 3.05) is 7.11 Å². The van der Waals surface area contributed by atoms with Crippen molar-refractivity contribution in [2.45, 2.75) is 76.6 Å². The number of nitrogens with zero attached hydrogens (tertiary/aromatic N) is 4. The van der Waals surface area contributed by atoms with Crippen LogP contribution in [0, 0.1) is 0 Å². The van der Waals surface area contributed by atoms with Crippen LogP contribution in [-0.2, 0) is 4.74 Å². The van der Waals surface area contributed by atoms with Crippen LogP contribution in [0.1, 0.15) is 47.0 Å². The number of ether oxygens (including phenoxy) is 3. The van der Waals surface area contributed by atoms with Crippen molar-refractivity contribution in [3.8, 4) is 11.5 Å². The highest BCUT2D eigenvalue weighted by molar-refractivity contribution is 5.26. The predicted molar refractivity (Wildman–Crippen MR) is 119 cm³/mol. The first kappa shape index (κ1) is 21.1. The molecule has 0 N–H and O–H groups in total. The van der Waals surface area contributed by atoms with Gasteiger partial charge in [-0.25, -0.2) is 0 Å². The van der Waals surface area contributed by atoms with E-state index in [1.165, 1.54) is 0 Å². The Morgan fingerprint density at radius 1 is 0.750 bits per heavy atom. The van der Waals surface area contributed by atoms with Gasteiger partial charge in [0.1, 0.15) is 17.6 Å². The van der Waals surface area contributed by atoms with Gasteiger partial charge in [0.15, 0.2) is 11.3 Å². The standard InChI is InChI=1S/C25H30N4O3/c1-15(2)31-17-6-8-19-21(12-17)27-24(26-19)10-11-25(23(14-24)30-5)28-20-9-7-18(32-16(3)4)13-22(20)29-25/h6-9,12-13,15-16,23H,10-11,14H2,1-5H3. The summed E-state index contributed by atoms with van der Waals surface area (Å²) in [5.41, 5.74) is -1.17. The Morgan fingerprint density at radius 2 is 1.28 bits per heavy atom. The molecule has 3 atom stereocenters. The fourth-order valence-electron chi connectivity index (χ4n) is 4.82. The second-order valence-electron chi connectivity index (χ2n) is 9.37. The van der Waals surface area contributed by atoms with Crippen molar-refractivity contribution >= 4 is 0 Å². The summed E-state index contributed by atoms with van der Waals surface area (Å²) in [6.45, 7) is 8.07. The number of methoxy groups -OCH3 is 1. The Labute approximate surface area is 187 Å². The van der Waals surface area contributed by atoms with E-state index in [9.17, 15) is 0 Å². The van der Waals surface area contributed by atoms with E-state index in [1.807, 2.05) is 64.1 Å². The normalized spacial score (nSPS) is 27.5. The van der Waals surface area contributed by atoms with Crippen LogP contribution < -0.4 is 30.9 Å². The van der Waals surface area contributed by atoms with E-state index in [0.717, 1.165) is 45.8 Å². The average molecular weight is 435 g/mol. The van der Waals surface area contributed by atoms with Gasteiger partial charge in [-0.3, -0.25) is 20.0 Å². The molecule has 2 aromatic carbocycles. The lowest BCUT2D eigenvalue weighted by molar-refractivity contribution is -0.0138. The van der Waals surface area contributed by atoms with Crippen molar-refractivity contribution in [1.29, 1.82) is 0 Å². The fraction of sp³-hybridized carbons (Fsp3) is 0.520. The van der Waals surface area contributed by atoms with Crippen molar-refractivity contribution in [2.24, 2.45) is 20.0 Å². The molecule has 2 aliphatic heterocycles. The molecule has 2 aromatic rings. The molecule has 2 spiro atoms. The maximum Gasteiger partial charge on any atom is 0.177 e. The highest BCUT2D eigenvalue weighted by Gasteiger charge is 2.51. The van der Waals surface area contributed by atoms with Crippen LogP contribution >= 0.6 is 0 Å². The highest BCUT2D eigenvalue weighted by atomic mass is 16.5. The van der Waals surface area contributed by atoms with E-state index >= 15 is 0 Å². The fourth-order valence-corrected chi connectivity index (χ4v) is 4.82. The molecule has 32 heavy (non-hydrogen) atoms. The molecular weight excluding hydrogens is 404 g/mol. The maximum absolute atomic E-state index is 5.95. The first-order valence-electron chi connectivity index (χ1n) is 11.4. The molecule has 7 nitrogen and oxygen atoms in total. The van der Waals surface area contributed by atoms with Crippen LogP contribution in [0.4, 0.5) is 0 Å². The molecule has 5 rings (SSSR count). The molecular formula is C25H30N4O3. The lowest BCUT2D eigenvalue weighted by atomic mass is 9.80. The molecule has 168 valence electrons. The molecule has 1 aliphatic carbocycles. The van der Waals surface area contributed by atoms with Crippen molar-refractivity contribution in [3.05, 3.63) is 57.8 Å². The van der Waals surface area contributed by atoms with E-state index in [1.54, 1.807) is 7.11 Å². The first-order chi connectivity index (χ1) is 15.3. The highest BCUT2D eigenvalue weighted by Crippen LogP contribution is 2.43. The molecule has 0 bridgehead atoms. The Hall–Kier alpha value is -2.80. The topological polar surface area (TPSA) is 77.1 Å². The summed E-state index contributed by atoms with van der Waals surface area (Å²) in [6.07, 6.45) is 2.13. The monoisotopic (exact) mass is 434 g/mol. The van der Waals surface area contributed by atoms with Crippen molar-refractivity contribution in [3.63, 3.8) is 0 Å². The van der Waals surface area contributed by atoms with E-state index < -0.39 is 11.3 Å². The number of hydrogen-bond donors (Lipinski definition) is 0. The third kappa shape index (κ3) is 3.68. The number of rotatable bonds is 5. The second kappa shape index (κ2) is 7.66. The summed E-state index contributed by atoms with van der Waals surface area (Å²) < 4.78 is 17.6. The van der Waals surface area contributed by atoms with Gasteiger partial charge >= 0.3 is 0 Å². The predicted octanol–water partition coefficient (Wildman–Crippen LogP) is 2.06. The van der Waals surface area contributed by atoms with Crippen LogP contribution in [0.2, 0.25) is 0 Å². The Bertz CT molecular complexity index is 1290. The minimum absolute atomic E-state index is 0.111. The minimum atomic E-state index is -0.634. The minimum Gasteiger partial charge on any atom is -0.491 e. The van der Waals surface area contributed by atoms with E-state index in [4.69, 9.17) is 34.2 Å². The first-order valence-corrected chi connectivity index (χ1v) is 11.4. The third-order valence-corrected chi connectivity index (χ3v) is 6.13. The van der Waals surface area contributed by atoms with Gasteiger partial charge in [-0.1, -0.05) is 0 Å². The molecule has 7 heteroatoms. The second-order valence-corrected chi connectivity index (χ2v) is 9.37. The largest absolute Gasteiger partial charge is 0.491 e. The lowest BCUT2D eigenvalue weighted by Crippen LogP contribution is -2.50. The maximum atomic E-state index is 5.95. The van der Waals surface area contributed by atoms with E-state index in [-0.39, 0.29) is 18.3 Å². The van der Waals surface area contributed by atoms with E-state index in [2.05, 4.69) is 0 Å². The SMILES string of the molecule is COC1CC2(CCC13N=c1ccc(OC(C)C)cc1=N3)N=c1ccc(OC(C)C)cc1=N2. The van der Waals surface area contributed by atoms with Crippen LogP contribution in [0.3, 0.4) is 0 Å². The van der Waals surface area contributed by atoms with Gasteiger partial charge in [0.05, 0.1) is 33.6 Å². The Balaban J connectivity index is 1.45. The molecule has 2 heterocycles. The van der Waals surface area contributed by atoms with Crippen LogP contribution in [0.15, 0.2) is 56.4 Å². The van der Waals surface area contributed by atoms with Gasteiger partial charge in [0.25, 0.3) is 0 Å². The van der Waals surface area contributed by atoms with Crippen molar-refractivity contribution < 1.29 is 14.2 Å². The quantitative estimate of drug-likeness (QED) is 0.723. The van der Waals surface area contributed by atoms with Gasteiger partial charge in [-0.15, -0.1) is 0 Å². The zero-order valence-electron chi connectivity index (χ0n) is 19.3. The number of hydrogen-bond acceptors (Lipinski definition) is 7. The summed E-state index contributed by atoms with van der Waals surface area (Å²) in [5, 5.41) is 3.54. The third-order valence-electron chi connectivity index (χ3n) is 6.13. The molecule has 1 saturated carbocycles. The summed E-state index contributed by atoms with van der Waals surface area (Å²) in [7, 11) is 1.73. The van der Waals surface area contributed by atoms with Crippen LogP contribution in [-0.4, -0.2) is 36.7 Å². The molecule has 0 amide bonds. The van der Waals surface area contributed by atoms with Gasteiger partial charge < -0.3 is 14.2 Å². The summed E-state index contributed by atoms with van der Waals surface area (Å²) in [4.78, 5) is 20.1. The van der Waals surface area contributed by atoms with Crippen molar-refractivity contribution in [1.82, 2.24) is 0 Å². The summed E-state index contributed by atoms with van der Waals surface area (Å²) in [5.74, 6) is 1.63. The molecule has 0 aromatic heterocycles. The lowest BCUT2D eigenvalue weighted by Gasteiger charge is -2.41. The van der Waals surface area contributed by atoms with Gasteiger partial charge in [-0.2, -0.15) is 0 Å². The number of fused-ring (bicyclic) bond motifs is 2. The van der Waals surface area contributed by atoms with Crippen LogP contribution in [0.25, 0.3) is 0 Å². The molecule has 3 unspecified atom stereocenters. The molecule has 0 saturated heterocycles. The zero-order chi connectivity index (χ0) is 22.5. The average Bonchev–Trinajstić information content (AvgIpc) is 3.27. The smallest absolute Gasteiger partial charge is 0.177 e. The summed E-state index contributed by atoms with van der Waals surface area (Å²) in [6, 6.07) is 11.9. The molecule has 0 radical (unpaired) electrons. The van der Waals surface area contributed by atoms with Gasteiger partial charge in [0.2, 0.25) is 0 Å². The molecule has 1 fully saturated rings. The van der Waals surface area contributed by atoms with Crippen LogP contribution in [0.5, 0.6) is 11.5 Å². The van der Waals surface area contributed by atoms with Gasteiger partial charge in [-0.05, 0) is 64.8 Å². The Kier molecular flexibility index (Phi) is 5.04. The van der Waals surface area contributed by atoms with Gasteiger partial charge in [0, 0.05) is 25.7 Å². The summed E-state index contributed by atoms with van der Waals surface area (Å²) >= 11 is 0. The zero-order valence-corrected chi connectivity index (χ0v) is 19.3. The molecule has 3 aliphatic rings. The Morgan fingerprint density at radius 3 is 1.88 bits per heavy atom.